The Balaban J connectivity index is 0.00000648. The molecular weight excluding hydrogens is 430 g/mol. The van der Waals surface area contributed by atoms with Gasteiger partial charge in [0.15, 0.2) is 5.78 Å². The molecule has 2 aromatic carbocycles. The number of methoxy groups -OCH3 is 1. The summed E-state index contributed by atoms with van der Waals surface area (Å²) in [6.45, 7) is 11.3. The van der Waals surface area contributed by atoms with Gasteiger partial charge in [-0.25, -0.2) is 0 Å². The van der Waals surface area contributed by atoms with Crippen LogP contribution in [-0.4, -0.2) is 19.5 Å². The van der Waals surface area contributed by atoms with Crippen LogP contribution in [0.1, 0.15) is 108 Å². The predicted octanol–water partition coefficient (Wildman–Crippen LogP) is 8.91. The van der Waals surface area contributed by atoms with E-state index in [0.717, 1.165) is 43.2 Å². The second-order valence-electron chi connectivity index (χ2n) is 9.56. The molecule has 0 radical (unpaired) electrons. The Hall–Kier alpha value is -2.96. The van der Waals surface area contributed by atoms with E-state index in [-0.39, 0.29) is 7.21 Å². The van der Waals surface area contributed by atoms with Crippen molar-refractivity contribution in [1.82, 2.24) is 0 Å². The molecule has 0 amide bonds. The monoisotopic (exact) mass is 473 g/mol. The van der Waals surface area contributed by atoms with Gasteiger partial charge < -0.3 is 4.74 Å². The van der Waals surface area contributed by atoms with E-state index in [0.29, 0.717) is 24.5 Å². The minimum Gasteiger partial charge on any atom is -0.380 e. The number of nitrogens with zero attached hydrogens (tertiary/aromatic N) is 1. The number of ketones is 1. The number of rotatable bonds is 13. The summed E-state index contributed by atoms with van der Waals surface area (Å²) in [7, 11) is 1.72. The highest BCUT2D eigenvalue weighted by Crippen LogP contribution is 2.29. The first kappa shape index (κ1) is 28.3. The van der Waals surface area contributed by atoms with Crippen LogP contribution in [0, 0.1) is 11.3 Å². The van der Waals surface area contributed by atoms with E-state index in [4.69, 9.17) is 10.00 Å². The first-order chi connectivity index (χ1) is 16.8. The number of hydrogen-bond donors (Lipinski definition) is 0. The standard InChI is InChI=1S/C32H41NO2.H2/c1-7-11-28(29-18-16-27(21-33)17-19-29)12-8-9-15-32(34)31-14-10-13-30(20-31)26(5)25(4)24(3)23(2)22-35-6;/h10,13-14,16-20,28H,7-9,11-12,15,22H2,1-6H3;1H/b24-23+,26-25+;. The molecule has 0 bridgehead atoms. The van der Waals surface area contributed by atoms with Crippen molar-refractivity contribution in [3.05, 3.63) is 87.5 Å². The Morgan fingerprint density at radius 1 is 0.971 bits per heavy atom. The van der Waals surface area contributed by atoms with Gasteiger partial charge in [0.25, 0.3) is 0 Å². The van der Waals surface area contributed by atoms with Gasteiger partial charge in [-0.05, 0) is 104 Å². The average Bonchev–Trinajstić information content (AvgIpc) is 2.89. The van der Waals surface area contributed by atoms with Gasteiger partial charge in [0.05, 0.1) is 18.2 Å². The number of nitriles is 1. The Kier molecular flexibility index (Phi) is 11.7. The lowest BCUT2D eigenvalue weighted by molar-refractivity contribution is 0.0979. The molecule has 188 valence electrons. The van der Waals surface area contributed by atoms with Crippen LogP contribution in [-0.2, 0) is 4.74 Å². The smallest absolute Gasteiger partial charge is 0.162 e. The van der Waals surface area contributed by atoms with Crippen LogP contribution in [0.4, 0.5) is 0 Å². The molecule has 3 nitrogen and oxygen atoms in total. The summed E-state index contributed by atoms with van der Waals surface area (Å²) in [5, 5.41) is 9.04. The second kappa shape index (κ2) is 14.4. The maximum absolute atomic E-state index is 13.0. The normalized spacial score (nSPS) is 13.5. The summed E-state index contributed by atoms with van der Waals surface area (Å²) in [6, 6.07) is 18.2. The van der Waals surface area contributed by atoms with Crippen molar-refractivity contribution in [1.29, 1.82) is 5.26 Å². The molecule has 2 aromatic rings. The number of benzene rings is 2. The number of unbranched alkanes of at least 4 members (excludes halogenated alkanes) is 1. The van der Waals surface area contributed by atoms with Gasteiger partial charge in [-0.1, -0.05) is 50.1 Å². The van der Waals surface area contributed by atoms with Crippen LogP contribution >= 0.6 is 0 Å². The van der Waals surface area contributed by atoms with Gasteiger partial charge in [-0.3, -0.25) is 4.79 Å². The van der Waals surface area contributed by atoms with Crippen molar-refractivity contribution in [3.63, 3.8) is 0 Å². The largest absolute Gasteiger partial charge is 0.380 e. The Bertz CT molecular complexity index is 1090. The number of Topliss-reactive ketones (excluding diaryl/α,β-unsaturated/α-hetero) is 1. The lowest BCUT2D eigenvalue weighted by Crippen LogP contribution is -2.02. The molecule has 0 saturated heterocycles. The molecule has 35 heavy (non-hydrogen) atoms. The lowest BCUT2D eigenvalue weighted by Gasteiger charge is -2.16. The van der Waals surface area contributed by atoms with E-state index in [2.05, 4.69) is 58.9 Å². The zero-order chi connectivity index (χ0) is 25.8. The Labute approximate surface area is 214 Å². The van der Waals surface area contributed by atoms with Crippen LogP contribution < -0.4 is 0 Å². The predicted molar refractivity (Wildman–Crippen MR) is 149 cm³/mol. The number of carbonyl (C=O) groups excluding carboxylic acids is 1. The van der Waals surface area contributed by atoms with Gasteiger partial charge in [0.1, 0.15) is 0 Å². The molecule has 0 aliphatic carbocycles. The zero-order valence-corrected chi connectivity index (χ0v) is 22.4. The van der Waals surface area contributed by atoms with Gasteiger partial charge >= 0.3 is 0 Å². The summed E-state index contributed by atoms with van der Waals surface area (Å²) < 4.78 is 5.28. The summed E-state index contributed by atoms with van der Waals surface area (Å²) in [4.78, 5) is 13.0. The van der Waals surface area contributed by atoms with E-state index >= 15 is 0 Å². The van der Waals surface area contributed by atoms with Crippen molar-refractivity contribution in [2.24, 2.45) is 0 Å². The minimum atomic E-state index is 0. The molecule has 0 spiro atoms. The minimum absolute atomic E-state index is 0. The van der Waals surface area contributed by atoms with Crippen molar-refractivity contribution in [2.75, 3.05) is 13.7 Å². The van der Waals surface area contributed by atoms with Crippen molar-refractivity contribution < 1.29 is 11.0 Å². The molecule has 1 unspecified atom stereocenters. The maximum Gasteiger partial charge on any atom is 0.162 e. The number of allylic oxidation sites excluding steroid dienone is 3. The van der Waals surface area contributed by atoms with Crippen LogP contribution in [0.25, 0.3) is 5.57 Å². The second-order valence-corrected chi connectivity index (χ2v) is 9.56. The SMILES string of the molecule is CCCC(CCCCC(=O)c1cccc(/C(C)=C(C)/C(C)=C(\C)COC)c1)c1ccc(C#N)cc1.[HH]. The third-order valence-corrected chi connectivity index (χ3v) is 7.10. The summed E-state index contributed by atoms with van der Waals surface area (Å²) in [6.07, 6.45) is 5.82. The molecule has 1 atom stereocenters. The van der Waals surface area contributed by atoms with Crippen LogP contribution in [0.15, 0.2) is 65.3 Å². The van der Waals surface area contributed by atoms with Crippen molar-refractivity contribution >= 4 is 11.4 Å². The van der Waals surface area contributed by atoms with Crippen molar-refractivity contribution in [3.8, 4) is 6.07 Å². The molecule has 3 heteroatoms. The van der Waals surface area contributed by atoms with E-state index in [1.54, 1.807) is 7.11 Å². The Morgan fingerprint density at radius 2 is 1.66 bits per heavy atom. The fourth-order valence-electron chi connectivity index (χ4n) is 4.55. The molecule has 0 aliphatic rings. The average molecular weight is 474 g/mol. The summed E-state index contributed by atoms with van der Waals surface area (Å²) in [5.41, 5.74) is 8.78. The molecule has 2 rings (SSSR count). The van der Waals surface area contributed by atoms with E-state index in [1.165, 1.54) is 27.9 Å². The Morgan fingerprint density at radius 3 is 2.29 bits per heavy atom. The number of carbonyl (C=O) groups is 1. The zero-order valence-electron chi connectivity index (χ0n) is 22.4. The van der Waals surface area contributed by atoms with Gasteiger partial charge in [-0.2, -0.15) is 5.26 Å². The maximum atomic E-state index is 13.0. The van der Waals surface area contributed by atoms with Crippen LogP contribution in [0.5, 0.6) is 0 Å². The fraction of sp³-hybridized carbons (Fsp3) is 0.438. The molecule has 0 heterocycles. The molecule has 0 aliphatic heterocycles. The highest BCUT2D eigenvalue weighted by atomic mass is 16.5. The molecule has 0 aromatic heterocycles. The lowest BCUT2D eigenvalue weighted by atomic mass is 9.88. The summed E-state index contributed by atoms with van der Waals surface area (Å²) in [5.74, 6) is 0.699. The molecule has 0 fully saturated rings. The third kappa shape index (κ3) is 8.34. The molecule has 0 N–H and O–H groups in total. The fourth-order valence-corrected chi connectivity index (χ4v) is 4.55. The first-order valence-corrected chi connectivity index (χ1v) is 12.8. The summed E-state index contributed by atoms with van der Waals surface area (Å²) >= 11 is 0. The van der Waals surface area contributed by atoms with Gasteiger partial charge in [-0.15, -0.1) is 0 Å². The highest BCUT2D eigenvalue weighted by molar-refractivity contribution is 5.96. The highest BCUT2D eigenvalue weighted by Gasteiger charge is 2.13. The van der Waals surface area contributed by atoms with Crippen molar-refractivity contribution in [2.45, 2.75) is 79.1 Å². The molecule has 0 saturated carbocycles. The van der Waals surface area contributed by atoms with E-state index in [1.807, 2.05) is 30.3 Å². The van der Waals surface area contributed by atoms with Crippen LogP contribution in [0.3, 0.4) is 0 Å². The van der Waals surface area contributed by atoms with E-state index in [9.17, 15) is 4.79 Å². The number of ether oxygens (including phenoxy) is 1. The molecular formula is C32H43NO2. The third-order valence-electron chi connectivity index (χ3n) is 7.10. The first-order valence-electron chi connectivity index (χ1n) is 12.8. The van der Waals surface area contributed by atoms with Gasteiger partial charge in [0.2, 0.25) is 0 Å². The van der Waals surface area contributed by atoms with Crippen LogP contribution in [0.2, 0.25) is 0 Å². The van der Waals surface area contributed by atoms with Gasteiger partial charge in [0, 0.05) is 20.5 Å². The topological polar surface area (TPSA) is 50.1 Å². The number of hydrogen-bond acceptors (Lipinski definition) is 3. The quantitative estimate of drug-likeness (QED) is 0.166. The van der Waals surface area contributed by atoms with E-state index < -0.39 is 0 Å².